The lowest BCUT2D eigenvalue weighted by atomic mass is 9.90. The van der Waals surface area contributed by atoms with Gasteiger partial charge in [0.2, 0.25) is 0 Å². The third-order valence-electron chi connectivity index (χ3n) is 5.80. The minimum absolute atomic E-state index is 0.137. The Bertz CT molecular complexity index is 762. The van der Waals surface area contributed by atoms with E-state index in [1.54, 1.807) is 0 Å². The summed E-state index contributed by atoms with van der Waals surface area (Å²) in [5, 5.41) is 0.955. The van der Waals surface area contributed by atoms with E-state index >= 15 is 0 Å². The van der Waals surface area contributed by atoms with Crippen molar-refractivity contribution in [2.24, 2.45) is 5.92 Å². The first-order valence-corrected chi connectivity index (χ1v) is 9.90. The summed E-state index contributed by atoms with van der Waals surface area (Å²) in [6, 6.07) is 8.02. The second-order valence-electron chi connectivity index (χ2n) is 7.59. The number of pyridine rings is 1. The number of hydrogen-bond donors (Lipinski definition) is 0. The number of rotatable bonds is 3. The fourth-order valence-corrected chi connectivity index (χ4v) is 4.40. The van der Waals surface area contributed by atoms with Gasteiger partial charge in [-0.3, -0.25) is 4.98 Å². The van der Waals surface area contributed by atoms with Crippen molar-refractivity contribution in [2.75, 3.05) is 6.61 Å². The van der Waals surface area contributed by atoms with E-state index in [0.717, 1.165) is 53.4 Å². The van der Waals surface area contributed by atoms with Gasteiger partial charge in [0.1, 0.15) is 0 Å². The molecule has 4 rings (SSSR count). The Balaban J connectivity index is 1.66. The zero-order chi connectivity index (χ0) is 17.1. The van der Waals surface area contributed by atoms with Crippen LogP contribution in [0.5, 0.6) is 0 Å². The molecule has 132 valence electrons. The van der Waals surface area contributed by atoms with Gasteiger partial charge < -0.3 is 4.74 Å². The highest BCUT2D eigenvalue weighted by Gasteiger charge is 2.24. The summed E-state index contributed by atoms with van der Waals surface area (Å²) in [5.41, 5.74) is 3.97. The van der Waals surface area contributed by atoms with Gasteiger partial charge in [-0.15, -0.1) is 0 Å². The standard InChI is InChI=1S/C22H27NO2/c24-22(25-15-16-9-3-1-4-10-16)21-17-11-5-2-6-13-19(17)23-20-14-8-7-12-18(20)21/h7-8,12,14,16H,1-6,9-11,13,15H2. The summed E-state index contributed by atoms with van der Waals surface area (Å²) in [5.74, 6) is 0.409. The van der Waals surface area contributed by atoms with E-state index < -0.39 is 0 Å². The van der Waals surface area contributed by atoms with E-state index in [9.17, 15) is 4.79 Å². The molecule has 2 aliphatic rings. The molecule has 0 atom stereocenters. The van der Waals surface area contributed by atoms with E-state index in [2.05, 4.69) is 0 Å². The van der Waals surface area contributed by atoms with Gasteiger partial charge in [0.05, 0.1) is 17.7 Å². The summed E-state index contributed by atoms with van der Waals surface area (Å²) >= 11 is 0. The molecule has 0 saturated heterocycles. The third-order valence-corrected chi connectivity index (χ3v) is 5.80. The molecule has 2 aromatic rings. The Labute approximate surface area is 149 Å². The maximum absolute atomic E-state index is 13.0. The van der Waals surface area contributed by atoms with Crippen LogP contribution in [0, 0.1) is 5.92 Å². The van der Waals surface area contributed by atoms with Crippen molar-refractivity contribution < 1.29 is 9.53 Å². The number of ether oxygens (including phenoxy) is 1. The van der Waals surface area contributed by atoms with Crippen molar-refractivity contribution in [1.29, 1.82) is 0 Å². The fourth-order valence-electron chi connectivity index (χ4n) is 4.40. The number of fused-ring (bicyclic) bond motifs is 2. The topological polar surface area (TPSA) is 39.2 Å². The number of carbonyl (C=O) groups is 1. The van der Waals surface area contributed by atoms with Gasteiger partial charge in [-0.2, -0.15) is 0 Å². The Kier molecular flexibility index (Phi) is 5.00. The van der Waals surface area contributed by atoms with Crippen LogP contribution in [0.4, 0.5) is 0 Å². The average Bonchev–Trinajstić information content (AvgIpc) is 2.90. The van der Waals surface area contributed by atoms with Gasteiger partial charge in [0, 0.05) is 11.1 Å². The number of aryl methyl sites for hydroxylation is 1. The zero-order valence-electron chi connectivity index (χ0n) is 14.9. The van der Waals surface area contributed by atoms with Gasteiger partial charge in [0.25, 0.3) is 0 Å². The van der Waals surface area contributed by atoms with Crippen LogP contribution in [0.15, 0.2) is 24.3 Å². The van der Waals surface area contributed by atoms with E-state index in [1.807, 2.05) is 24.3 Å². The van der Waals surface area contributed by atoms with Crippen molar-refractivity contribution in [3.63, 3.8) is 0 Å². The number of aromatic nitrogens is 1. The first-order chi connectivity index (χ1) is 12.3. The third kappa shape index (κ3) is 3.56. The SMILES string of the molecule is O=C(OCC1CCCCC1)c1c2c(nc3ccccc13)CCCCC2. The molecule has 3 nitrogen and oxygen atoms in total. The van der Waals surface area contributed by atoms with Gasteiger partial charge in [0.15, 0.2) is 0 Å². The van der Waals surface area contributed by atoms with Crippen LogP contribution in [-0.4, -0.2) is 17.6 Å². The minimum atomic E-state index is -0.137. The van der Waals surface area contributed by atoms with E-state index in [4.69, 9.17) is 9.72 Å². The lowest BCUT2D eigenvalue weighted by molar-refractivity contribution is 0.0411. The molecule has 0 N–H and O–H groups in total. The number of benzene rings is 1. The first kappa shape index (κ1) is 16.6. The van der Waals surface area contributed by atoms with Crippen molar-refractivity contribution >= 4 is 16.9 Å². The largest absolute Gasteiger partial charge is 0.462 e. The van der Waals surface area contributed by atoms with Gasteiger partial charge in [-0.25, -0.2) is 4.79 Å². The molecule has 25 heavy (non-hydrogen) atoms. The first-order valence-electron chi connectivity index (χ1n) is 9.90. The van der Waals surface area contributed by atoms with E-state index in [0.29, 0.717) is 12.5 Å². The number of para-hydroxylation sites is 1. The summed E-state index contributed by atoms with van der Waals surface area (Å²) in [6.45, 7) is 0.574. The maximum atomic E-state index is 13.0. The maximum Gasteiger partial charge on any atom is 0.339 e. The van der Waals surface area contributed by atoms with Crippen molar-refractivity contribution in [1.82, 2.24) is 4.98 Å². The average molecular weight is 337 g/mol. The Morgan fingerprint density at radius 1 is 1.00 bits per heavy atom. The molecule has 0 bridgehead atoms. The summed E-state index contributed by atoms with van der Waals surface area (Å²) in [4.78, 5) is 17.9. The minimum Gasteiger partial charge on any atom is -0.462 e. The Morgan fingerprint density at radius 2 is 1.76 bits per heavy atom. The summed E-state index contributed by atoms with van der Waals surface area (Å²) < 4.78 is 5.82. The molecule has 1 heterocycles. The molecule has 0 radical (unpaired) electrons. The lowest BCUT2D eigenvalue weighted by Crippen LogP contribution is -2.18. The molecule has 3 heteroatoms. The molecule has 1 fully saturated rings. The van der Waals surface area contributed by atoms with Crippen molar-refractivity contribution in [2.45, 2.75) is 64.2 Å². The number of nitrogens with zero attached hydrogens (tertiary/aromatic N) is 1. The predicted molar refractivity (Wildman–Crippen MR) is 99.9 cm³/mol. The van der Waals surface area contributed by atoms with Crippen LogP contribution in [0.1, 0.15) is 73.0 Å². The molecule has 0 aliphatic heterocycles. The molecule has 0 spiro atoms. The van der Waals surface area contributed by atoms with Crippen molar-refractivity contribution in [3.05, 3.63) is 41.1 Å². The molecule has 1 saturated carbocycles. The van der Waals surface area contributed by atoms with Gasteiger partial charge >= 0.3 is 5.97 Å². The second-order valence-corrected chi connectivity index (χ2v) is 7.59. The monoisotopic (exact) mass is 337 g/mol. The molecule has 1 aromatic carbocycles. The Hall–Kier alpha value is -1.90. The van der Waals surface area contributed by atoms with Crippen LogP contribution in [-0.2, 0) is 17.6 Å². The van der Waals surface area contributed by atoms with Gasteiger partial charge in [-0.1, -0.05) is 43.9 Å². The lowest BCUT2D eigenvalue weighted by Gasteiger charge is -2.22. The van der Waals surface area contributed by atoms with Crippen molar-refractivity contribution in [3.8, 4) is 0 Å². The quantitative estimate of drug-likeness (QED) is 0.568. The molecule has 1 aromatic heterocycles. The predicted octanol–water partition coefficient (Wildman–Crippen LogP) is 5.24. The highest BCUT2D eigenvalue weighted by atomic mass is 16.5. The number of carbonyl (C=O) groups excluding carboxylic acids is 1. The molecular formula is C22H27NO2. The van der Waals surface area contributed by atoms with E-state index in [-0.39, 0.29) is 5.97 Å². The summed E-state index contributed by atoms with van der Waals surface area (Å²) in [7, 11) is 0. The van der Waals surface area contributed by atoms with Crippen LogP contribution >= 0.6 is 0 Å². The summed E-state index contributed by atoms with van der Waals surface area (Å²) in [6.07, 6.45) is 11.7. The fraction of sp³-hybridized carbons (Fsp3) is 0.545. The highest BCUT2D eigenvalue weighted by Crippen LogP contribution is 2.30. The van der Waals surface area contributed by atoms with Crippen LogP contribution in [0.2, 0.25) is 0 Å². The second kappa shape index (κ2) is 7.55. The Morgan fingerprint density at radius 3 is 2.64 bits per heavy atom. The molecule has 0 amide bonds. The van der Waals surface area contributed by atoms with E-state index in [1.165, 1.54) is 38.5 Å². The van der Waals surface area contributed by atoms with Crippen LogP contribution in [0.25, 0.3) is 10.9 Å². The molecular weight excluding hydrogens is 310 g/mol. The highest BCUT2D eigenvalue weighted by molar-refractivity contribution is 6.05. The normalized spacial score (nSPS) is 18.6. The molecule has 0 unspecified atom stereocenters. The van der Waals surface area contributed by atoms with Crippen LogP contribution in [0.3, 0.4) is 0 Å². The van der Waals surface area contributed by atoms with Gasteiger partial charge in [-0.05, 0) is 56.1 Å². The zero-order valence-corrected chi connectivity index (χ0v) is 14.9. The number of hydrogen-bond acceptors (Lipinski definition) is 3. The smallest absolute Gasteiger partial charge is 0.339 e. The number of esters is 1. The van der Waals surface area contributed by atoms with Crippen LogP contribution < -0.4 is 0 Å². The molecule has 2 aliphatic carbocycles.